The fourth-order valence-corrected chi connectivity index (χ4v) is 2.06. The van der Waals surface area contributed by atoms with Crippen LogP contribution in [0.3, 0.4) is 0 Å². The fraction of sp³-hybridized carbons (Fsp3) is 0.455. The van der Waals surface area contributed by atoms with Gasteiger partial charge in [0.05, 0.1) is 11.1 Å². The predicted molar refractivity (Wildman–Crippen MR) is 55.4 cm³/mol. The number of aromatic nitrogens is 3. The number of halogens is 2. The number of hydrogen-bond donors (Lipinski definition) is 0. The summed E-state index contributed by atoms with van der Waals surface area (Å²) in [6, 6.07) is 1.39. The molecule has 0 radical (unpaired) electrons. The third kappa shape index (κ3) is 1.31. The van der Waals surface area contributed by atoms with Crippen molar-refractivity contribution in [1.29, 1.82) is 0 Å². The predicted octanol–water partition coefficient (Wildman–Crippen LogP) is 2.78. The van der Waals surface area contributed by atoms with Crippen LogP contribution in [0.5, 0.6) is 0 Å². The second kappa shape index (κ2) is 3.23. The second-order valence-electron chi connectivity index (χ2n) is 4.18. The number of alkyl halides is 2. The molecule has 2 aromatic rings. The van der Waals surface area contributed by atoms with Crippen LogP contribution in [0, 0.1) is 0 Å². The molecule has 0 N–H and O–H groups in total. The van der Waals surface area contributed by atoms with Crippen molar-refractivity contribution in [2.45, 2.75) is 25.2 Å². The highest BCUT2D eigenvalue weighted by Gasteiger charge is 2.31. The highest BCUT2D eigenvalue weighted by molar-refractivity contribution is 5.83. The van der Waals surface area contributed by atoms with Crippen molar-refractivity contribution in [2.75, 3.05) is 0 Å². The van der Waals surface area contributed by atoms with Crippen LogP contribution in [0.2, 0.25) is 0 Å². The first-order valence-electron chi connectivity index (χ1n) is 5.28. The van der Waals surface area contributed by atoms with Gasteiger partial charge in [-0.15, -0.1) is 0 Å². The molecule has 0 aromatic carbocycles. The summed E-state index contributed by atoms with van der Waals surface area (Å²) in [4.78, 5) is 4.12. The molecule has 2 aromatic heterocycles. The fourth-order valence-electron chi connectivity index (χ4n) is 2.06. The van der Waals surface area contributed by atoms with Gasteiger partial charge in [-0.25, -0.2) is 13.8 Å². The maximum atomic E-state index is 12.9. The van der Waals surface area contributed by atoms with Crippen LogP contribution >= 0.6 is 0 Å². The van der Waals surface area contributed by atoms with Gasteiger partial charge in [-0.1, -0.05) is 0 Å². The molecule has 0 saturated heterocycles. The van der Waals surface area contributed by atoms with Gasteiger partial charge in [-0.2, -0.15) is 5.10 Å². The van der Waals surface area contributed by atoms with E-state index in [1.54, 1.807) is 11.7 Å². The highest BCUT2D eigenvalue weighted by atomic mass is 19.3. The average molecular weight is 223 g/mol. The lowest BCUT2D eigenvalue weighted by atomic mass is 10.1. The summed E-state index contributed by atoms with van der Waals surface area (Å²) in [5.74, 6) is 0.352. The van der Waals surface area contributed by atoms with Crippen LogP contribution in [-0.4, -0.2) is 14.8 Å². The van der Waals surface area contributed by atoms with E-state index in [4.69, 9.17) is 0 Å². The lowest BCUT2D eigenvalue weighted by Gasteiger charge is -2.02. The van der Waals surface area contributed by atoms with Crippen LogP contribution < -0.4 is 0 Å². The standard InChI is InChI=1S/C11H11F2N3/c1-16-11-8(9(15-16)6-2-3-6)7(10(12)13)4-5-14-11/h4-6,10H,2-3H2,1H3. The molecular weight excluding hydrogens is 212 g/mol. The number of pyridine rings is 1. The number of rotatable bonds is 2. The summed E-state index contributed by atoms with van der Waals surface area (Å²) in [5, 5.41) is 4.87. The molecule has 84 valence electrons. The maximum absolute atomic E-state index is 12.9. The Balaban J connectivity index is 2.33. The van der Waals surface area contributed by atoms with Crippen molar-refractivity contribution in [3.8, 4) is 0 Å². The van der Waals surface area contributed by atoms with Gasteiger partial charge in [0.25, 0.3) is 6.43 Å². The molecule has 0 spiro atoms. The SMILES string of the molecule is Cn1nc(C2CC2)c2c(C(F)F)ccnc21. The first-order valence-corrected chi connectivity index (χ1v) is 5.28. The Bertz CT molecular complexity index is 543. The van der Waals surface area contributed by atoms with E-state index in [9.17, 15) is 8.78 Å². The van der Waals surface area contributed by atoms with Gasteiger partial charge in [0.1, 0.15) is 0 Å². The maximum Gasteiger partial charge on any atom is 0.264 e. The van der Waals surface area contributed by atoms with E-state index in [0.717, 1.165) is 18.5 Å². The molecule has 0 unspecified atom stereocenters. The quantitative estimate of drug-likeness (QED) is 0.783. The van der Waals surface area contributed by atoms with Crippen molar-refractivity contribution < 1.29 is 8.78 Å². The molecular formula is C11H11F2N3. The Labute approximate surface area is 91.1 Å². The molecule has 0 aliphatic heterocycles. The van der Waals surface area contributed by atoms with Gasteiger partial charge in [-0.3, -0.25) is 4.68 Å². The zero-order valence-corrected chi connectivity index (χ0v) is 8.82. The van der Waals surface area contributed by atoms with Crippen LogP contribution in [0.1, 0.15) is 36.4 Å². The summed E-state index contributed by atoms with van der Waals surface area (Å²) in [7, 11) is 1.75. The lowest BCUT2D eigenvalue weighted by molar-refractivity contribution is 0.153. The van der Waals surface area contributed by atoms with Gasteiger partial charge in [0.2, 0.25) is 0 Å². The van der Waals surface area contributed by atoms with Gasteiger partial charge in [0, 0.05) is 24.7 Å². The van der Waals surface area contributed by atoms with E-state index < -0.39 is 6.43 Å². The third-order valence-corrected chi connectivity index (χ3v) is 2.98. The van der Waals surface area contributed by atoms with Crippen LogP contribution in [0.15, 0.2) is 12.3 Å². The van der Waals surface area contributed by atoms with E-state index in [2.05, 4.69) is 10.1 Å². The van der Waals surface area contributed by atoms with E-state index in [-0.39, 0.29) is 5.56 Å². The minimum atomic E-state index is -2.47. The second-order valence-corrected chi connectivity index (χ2v) is 4.18. The number of hydrogen-bond acceptors (Lipinski definition) is 2. The Morgan fingerprint density at radius 3 is 2.81 bits per heavy atom. The molecule has 0 amide bonds. The first-order chi connectivity index (χ1) is 7.68. The van der Waals surface area contributed by atoms with Crippen LogP contribution in [0.4, 0.5) is 8.78 Å². The molecule has 16 heavy (non-hydrogen) atoms. The number of nitrogens with zero attached hydrogens (tertiary/aromatic N) is 3. The zero-order valence-electron chi connectivity index (χ0n) is 8.82. The molecule has 1 fully saturated rings. The van der Waals surface area contributed by atoms with Crippen molar-refractivity contribution in [3.05, 3.63) is 23.5 Å². The molecule has 3 nitrogen and oxygen atoms in total. The topological polar surface area (TPSA) is 30.7 Å². The molecule has 0 atom stereocenters. The molecule has 1 saturated carbocycles. The minimum Gasteiger partial charge on any atom is -0.250 e. The Morgan fingerprint density at radius 2 is 2.19 bits per heavy atom. The van der Waals surface area contributed by atoms with E-state index in [1.807, 2.05) is 0 Å². The molecule has 1 aliphatic rings. The smallest absolute Gasteiger partial charge is 0.250 e. The monoisotopic (exact) mass is 223 g/mol. The largest absolute Gasteiger partial charge is 0.264 e. The summed E-state index contributed by atoms with van der Waals surface area (Å²) in [6.45, 7) is 0. The number of aryl methyl sites for hydroxylation is 1. The molecule has 0 bridgehead atoms. The van der Waals surface area contributed by atoms with Crippen molar-refractivity contribution in [2.24, 2.45) is 7.05 Å². The van der Waals surface area contributed by atoms with Gasteiger partial charge in [-0.05, 0) is 18.9 Å². The van der Waals surface area contributed by atoms with Crippen LogP contribution in [0.25, 0.3) is 11.0 Å². The summed E-state index contributed by atoms with van der Waals surface area (Å²) in [5.41, 5.74) is 1.40. The van der Waals surface area contributed by atoms with Gasteiger partial charge in [0.15, 0.2) is 5.65 Å². The average Bonchev–Trinajstić information content (AvgIpc) is 3.04. The molecule has 5 heteroatoms. The summed E-state index contributed by atoms with van der Waals surface area (Å²) >= 11 is 0. The lowest BCUT2D eigenvalue weighted by Crippen LogP contribution is -1.92. The van der Waals surface area contributed by atoms with Crippen molar-refractivity contribution >= 4 is 11.0 Å². The van der Waals surface area contributed by atoms with Crippen molar-refractivity contribution in [3.63, 3.8) is 0 Å². The molecule has 3 rings (SSSR count). The Kier molecular flexibility index (Phi) is 1.96. The summed E-state index contributed by atoms with van der Waals surface area (Å²) < 4.78 is 27.4. The Morgan fingerprint density at radius 1 is 1.44 bits per heavy atom. The van der Waals surface area contributed by atoms with E-state index in [0.29, 0.717) is 17.0 Å². The first kappa shape index (κ1) is 9.69. The third-order valence-electron chi connectivity index (χ3n) is 2.98. The van der Waals surface area contributed by atoms with Crippen LogP contribution in [-0.2, 0) is 7.05 Å². The Hall–Kier alpha value is -1.52. The molecule has 1 aliphatic carbocycles. The van der Waals surface area contributed by atoms with E-state index in [1.165, 1.54) is 12.3 Å². The van der Waals surface area contributed by atoms with E-state index >= 15 is 0 Å². The molecule has 2 heterocycles. The normalized spacial score (nSPS) is 16.2. The summed E-state index contributed by atoms with van der Waals surface area (Å²) in [6.07, 6.45) is 1.04. The zero-order chi connectivity index (χ0) is 11.3. The highest BCUT2D eigenvalue weighted by Crippen LogP contribution is 2.43. The minimum absolute atomic E-state index is 0.0556. The van der Waals surface area contributed by atoms with Gasteiger partial charge >= 0.3 is 0 Å². The van der Waals surface area contributed by atoms with Gasteiger partial charge < -0.3 is 0 Å². The number of fused-ring (bicyclic) bond motifs is 1. The van der Waals surface area contributed by atoms with Crippen molar-refractivity contribution in [1.82, 2.24) is 14.8 Å².